The highest BCUT2D eigenvalue weighted by Gasteiger charge is 2.53. The summed E-state index contributed by atoms with van der Waals surface area (Å²) in [5, 5.41) is 0. The molecule has 0 saturated carbocycles. The van der Waals surface area contributed by atoms with Crippen LogP contribution in [0.5, 0.6) is 0 Å². The van der Waals surface area contributed by atoms with Gasteiger partial charge in [0, 0.05) is 19.3 Å². The molecule has 7 heteroatoms. The van der Waals surface area contributed by atoms with Gasteiger partial charge in [-0.25, -0.2) is 0 Å². The lowest BCUT2D eigenvalue weighted by molar-refractivity contribution is -0.453. The van der Waals surface area contributed by atoms with Crippen LogP contribution in [-0.2, 0) is 33.3 Å². The summed E-state index contributed by atoms with van der Waals surface area (Å²) in [6.07, 6.45) is -1.73. The fraction of sp³-hybridized carbons (Fsp3) is 0.867. The molecule has 0 aromatic heterocycles. The second-order valence-corrected chi connectivity index (χ2v) is 6.67. The summed E-state index contributed by atoms with van der Waals surface area (Å²) in [5.41, 5.74) is -0.110. The zero-order valence-electron chi connectivity index (χ0n) is 13.7. The average Bonchev–Trinajstić information content (AvgIpc) is 2.37. The summed E-state index contributed by atoms with van der Waals surface area (Å²) in [4.78, 5) is 22.6. The van der Waals surface area contributed by atoms with Crippen molar-refractivity contribution in [2.75, 3.05) is 13.2 Å². The van der Waals surface area contributed by atoms with Gasteiger partial charge in [0.15, 0.2) is 6.10 Å². The smallest absolute Gasteiger partial charge is 0.303 e. The van der Waals surface area contributed by atoms with Crippen LogP contribution in [0.3, 0.4) is 0 Å². The fourth-order valence-corrected chi connectivity index (χ4v) is 2.63. The predicted octanol–water partition coefficient (Wildman–Crippen LogP) is 1.39. The van der Waals surface area contributed by atoms with Crippen LogP contribution < -0.4 is 0 Å². The van der Waals surface area contributed by atoms with Crippen molar-refractivity contribution in [3.8, 4) is 0 Å². The van der Waals surface area contributed by atoms with Crippen molar-refractivity contribution in [1.82, 2.24) is 0 Å². The molecule has 126 valence electrons. The van der Waals surface area contributed by atoms with Gasteiger partial charge in [-0.3, -0.25) is 9.59 Å². The first-order chi connectivity index (χ1) is 10.1. The summed E-state index contributed by atoms with van der Waals surface area (Å²) in [7, 11) is 0. The summed E-state index contributed by atoms with van der Waals surface area (Å²) in [5.74, 6) is -2.17. The van der Waals surface area contributed by atoms with E-state index in [1.54, 1.807) is 6.92 Å². The molecule has 0 aromatic rings. The lowest BCUT2D eigenvalue weighted by Crippen LogP contribution is -2.61. The van der Waals surface area contributed by atoms with E-state index in [0.717, 1.165) is 0 Å². The van der Waals surface area contributed by atoms with Crippen molar-refractivity contribution in [3.05, 3.63) is 0 Å². The number of carbonyl (C=O) groups excluding carboxylic acids is 2. The molecule has 7 nitrogen and oxygen atoms in total. The van der Waals surface area contributed by atoms with Crippen molar-refractivity contribution < 1.29 is 33.3 Å². The molecule has 2 saturated heterocycles. The molecule has 0 unspecified atom stereocenters. The maximum atomic E-state index is 11.3. The summed E-state index contributed by atoms with van der Waals surface area (Å²) < 4.78 is 27.9. The Morgan fingerprint density at radius 3 is 2.09 bits per heavy atom. The van der Waals surface area contributed by atoms with Crippen LogP contribution in [-0.4, -0.2) is 49.4 Å². The normalized spacial score (nSPS) is 33.2. The van der Waals surface area contributed by atoms with E-state index < -0.39 is 36.2 Å². The van der Waals surface area contributed by atoms with Gasteiger partial charge in [-0.1, -0.05) is 13.8 Å². The minimum absolute atomic E-state index is 0.110. The molecule has 0 N–H and O–H groups in total. The minimum Gasteiger partial charge on any atom is -0.458 e. The van der Waals surface area contributed by atoms with Gasteiger partial charge in [0.1, 0.15) is 12.2 Å². The van der Waals surface area contributed by atoms with Crippen molar-refractivity contribution in [2.45, 2.75) is 65.3 Å². The fourth-order valence-electron chi connectivity index (χ4n) is 2.63. The topological polar surface area (TPSA) is 80.3 Å². The van der Waals surface area contributed by atoms with Gasteiger partial charge in [-0.15, -0.1) is 0 Å². The third-order valence-corrected chi connectivity index (χ3v) is 3.63. The third kappa shape index (κ3) is 3.97. The van der Waals surface area contributed by atoms with Crippen LogP contribution in [0.1, 0.15) is 41.0 Å². The minimum atomic E-state index is -1.26. The van der Waals surface area contributed by atoms with E-state index in [4.69, 9.17) is 23.7 Å². The van der Waals surface area contributed by atoms with Gasteiger partial charge in [0.25, 0.3) is 5.97 Å². The van der Waals surface area contributed by atoms with Crippen molar-refractivity contribution in [3.63, 3.8) is 0 Å². The Morgan fingerprint density at radius 1 is 1.05 bits per heavy atom. The second kappa shape index (κ2) is 6.14. The molecule has 0 aliphatic carbocycles. The van der Waals surface area contributed by atoms with E-state index in [-0.39, 0.29) is 11.8 Å². The van der Waals surface area contributed by atoms with Gasteiger partial charge < -0.3 is 23.7 Å². The Morgan fingerprint density at radius 2 is 1.59 bits per heavy atom. The molecule has 22 heavy (non-hydrogen) atoms. The molecule has 2 aliphatic heterocycles. The number of rotatable bonds is 2. The van der Waals surface area contributed by atoms with E-state index in [0.29, 0.717) is 13.2 Å². The number of carbonyl (C=O) groups is 2. The molecular weight excluding hydrogens is 292 g/mol. The maximum absolute atomic E-state index is 11.3. The largest absolute Gasteiger partial charge is 0.458 e. The van der Waals surface area contributed by atoms with Gasteiger partial charge >= 0.3 is 11.9 Å². The van der Waals surface area contributed by atoms with E-state index in [1.807, 2.05) is 13.8 Å². The molecule has 0 bridgehead atoms. The van der Waals surface area contributed by atoms with Crippen LogP contribution in [0, 0.1) is 5.41 Å². The molecule has 0 amide bonds. The molecule has 2 aliphatic rings. The summed E-state index contributed by atoms with van der Waals surface area (Å²) in [6, 6.07) is 0. The van der Waals surface area contributed by atoms with Crippen LogP contribution in [0.2, 0.25) is 0 Å². The Kier molecular flexibility index (Phi) is 4.79. The molecule has 0 aromatic carbocycles. The van der Waals surface area contributed by atoms with Gasteiger partial charge in [0.05, 0.1) is 19.6 Å². The number of ether oxygens (including phenoxy) is 5. The van der Waals surface area contributed by atoms with Crippen LogP contribution in [0.25, 0.3) is 0 Å². The second-order valence-electron chi connectivity index (χ2n) is 6.67. The molecule has 1 spiro atoms. The first-order valence-corrected chi connectivity index (χ1v) is 7.43. The van der Waals surface area contributed by atoms with Crippen LogP contribution >= 0.6 is 0 Å². The lowest BCUT2D eigenvalue weighted by Gasteiger charge is -2.49. The highest BCUT2D eigenvalue weighted by Crippen LogP contribution is 2.39. The molecular formula is C15H24O7. The van der Waals surface area contributed by atoms with Crippen LogP contribution in [0.15, 0.2) is 0 Å². The highest BCUT2D eigenvalue weighted by molar-refractivity contribution is 5.67. The Labute approximate surface area is 130 Å². The molecule has 2 rings (SSSR count). The van der Waals surface area contributed by atoms with E-state index >= 15 is 0 Å². The molecule has 2 heterocycles. The van der Waals surface area contributed by atoms with Gasteiger partial charge in [-0.2, -0.15) is 0 Å². The van der Waals surface area contributed by atoms with Gasteiger partial charge in [-0.05, 0) is 6.92 Å². The number of esters is 2. The Bertz CT molecular complexity index is 435. The SMILES string of the molecule is CC(=O)O[C@H]1[C@H](C)OC2(C[C@@H]1OC(C)=O)OCC(C)(C)CO2. The Balaban J connectivity index is 2.14. The summed E-state index contributed by atoms with van der Waals surface area (Å²) in [6.45, 7) is 9.32. The van der Waals surface area contributed by atoms with Gasteiger partial charge in [0.2, 0.25) is 0 Å². The first-order valence-electron chi connectivity index (χ1n) is 7.43. The number of hydrogen-bond donors (Lipinski definition) is 0. The van der Waals surface area contributed by atoms with Crippen molar-refractivity contribution in [2.24, 2.45) is 5.41 Å². The quantitative estimate of drug-likeness (QED) is 0.712. The molecule has 2 fully saturated rings. The summed E-state index contributed by atoms with van der Waals surface area (Å²) >= 11 is 0. The van der Waals surface area contributed by atoms with Crippen molar-refractivity contribution in [1.29, 1.82) is 0 Å². The zero-order valence-corrected chi connectivity index (χ0v) is 13.7. The highest BCUT2D eigenvalue weighted by atomic mass is 16.9. The predicted molar refractivity (Wildman–Crippen MR) is 74.7 cm³/mol. The molecule has 3 atom stereocenters. The monoisotopic (exact) mass is 316 g/mol. The lowest BCUT2D eigenvalue weighted by atomic mass is 9.94. The third-order valence-electron chi connectivity index (χ3n) is 3.63. The van der Waals surface area contributed by atoms with E-state index in [1.165, 1.54) is 13.8 Å². The first kappa shape index (κ1) is 17.2. The van der Waals surface area contributed by atoms with E-state index in [9.17, 15) is 9.59 Å². The molecule has 0 radical (unpaired) electrons. The van der Waals surface area contributed by atoms with E-state index in [2.05, 4.69) is 0 Å². The standard InChI is InChI=1S/C15H24O7/c1-9-13(21-11(3)17)12(20-10(2)16)6-15(22-9)18-7-14(4,5)8-19-15/h9,12-13H,6-8H2,1-5H3/t9-,12-,13-/m0/s1. The number of hydrogen-bond acceptors (Lipinski definition) is 7. The Hall–Kier alpha value is -1.18. The average molecular weight is 316 g/mol. The van der Waals surface area contributed by atoms with Crippen molar-refractivity contribution >= 4 is 11.9 Å². The maximum Gasteiger partial charge on any atom is 0.303 e. The van der Waals surface area contributed by atoms with Crippen LogP contribution in [0.4, 0.5) is 0 Å². The zero-order chi connectivity index (χ0) is 16.5.